The van der Waals surface area contributed by atoms with Crippen LogP contribution in [0.3, 0.4) is 0 Å². The lowest BCUT2D eigenvalue weighted by Gasteiger charge is -2.40. The molecule has 0 bridgehead atoms. The van der Waals surface area contributed by atoms with Crippen LogP contribution in [0.15, 0.2) is 22.7 Å². The maximum atomic E-state index is 11.8. The van der Waals surface area contributed by atoms with Crippen LogP contribution in [-0.4, -0.2) is 35.7 Å². The van der Waals surface area contributed by atoms with E-state index in [1.54, 1.807) is 4.90 Å². The first kappa shape index (κ1) is 15.2. The average Bonchev–Trinajstić information content (AvgIpc) is 2.24. The third-order valence-electron chi connectivity index (χ3n) is 3.01. The van der Waals surface area contributed by atoms with Crippen LogP contribution < -0.4 is 5.32 Å². The Morgan fingerprint density at radius 2 is 2.05 bits per heavy atom. The van der Waals surface area contributed by atoms with Gasteiger partial charge in [0.1, 0.15) is 5.60 Å². The normalized spacial score (nSPS) is 15.8. The fourth-order valence-corrected chi connectivity index (χ4v) is 2.38. The standard InChI is InChI=1S/C15H21BrN2O2/c1-10-5-6-12(16)13(7-10)17-11-8-18(9-11)14(19)20-15(2,3)4/h5-7,11,17H,8-9H2,1-4H3. The summed E-state index contributed by atoms with van der Waals surface area (Å²) in [7, 11) is 0. The van der Waals surface area contributed by atoms with E-state index in [9.17, 15) is 4.79 Å². The lowest BCUT2D eigenvalue weighted by Crippen LogP contribution is -2.57. The summed E-state index contributed by atoms with van der Waals surface area (Å²) in [6.07, 6.45) is -0.237. The molecule has 2 rings (SSSR count). The summed E-state index contributed by atoms with van der Waals surface area (Å²) < 4.78 is 6.37. The fourth-order valence-electron chi connectivity index (χ4n) is 2.02. The monoisotopic (exact) mass is 340 g/mol. The average molecular weight is 341 g/mol. The maximum absolute atomic E-state index is 11.8. The van der Waals surface area contributed by atoms with Gasteiger partial charge >= 0.3 is 6.09 Å². The minimum atomic E-state index is -0.435. The Morgan fingerprint density at radius 3 is 2.65 bits per heavy atom. The van der Waals surface area contributed by atoms with E-state index in [1.807, 2.05) is 26.8 Å². The summed E-state index contributed by atoms with van der Waals surface area (Å²) in [4.78, 5) is 13.5. The molecule has 1 fully saturated rings. The molecule has 20 heavy (non-hydrogen) atoms. The highest BCUT2D eigenvalue weighted by molar-refractivity contribution is 9.10. The second-order valence-corrected chi connectivity index (χ2v) is 7.06. The molecule has 0 aromatic heterocycles. The quantitative estimate of drug-likeness (QED) is 0.890. The number of ether oxygens (including phenoxy) is 1. The van der Waals surface area contributed by atoms with Gasteiger partial charge in [-0.3, -0.25) is 0 Å². The Morgan fingerprint density at radius 1 is 1.40 bits per heavy atom. The third-order valence-corrected chi connectivity index (χ3v) is 3.71. The van der Waals surface area contributed by atoms with Gasteiger partial charge in [-0.15, -0.1) is 0 Å². The summed E-state index contributed by atoms with van der Waals surface area (Å²) in [5.41, 5.74) is 1.84. The van der Waals surface area contributed by atoms with Gasteiger partial charge in [0.15, 0.2) is 0 Å². The number of carbonyl (C=O) groups excluding carboxylic acids is 1. The summed E-state index contributed by atoms with van der Waals surface area (Å²) in [6, 6.07) is 6.46. The van der Waals surface area contributed by atoms with Crippen molar-refractivity contribution < 1.29 is 9.53 Å². The first-order valence-corrected chi connectivity index (χ1v) is 7.54. The Bertz CT molecular complexity index is 505. The van der Waals surface area contributed by atoms with Crippen LogP contribution in [0.4, 0.5) is 10.5 Å². The highest BCUT2D eigenvalue weighted by atomic mass is 79.9. The number of amides is 1. The van der Waals surface area contributed by atoms with Gasteiger partial charge in [-0.05, 0) is 61.3 Å². The molecule has 5 heteroatoms. The summed E-state index contributed by atoms with van der Waals surface area (Å²) in [5.74, 6) is 0. The summed E-state index contributed by atoms with van der Waals surface area (Å²) in [6.45, 7) is 9.05. The number of hydrogen-bond acceptors (Lipinski definition) is 3. The molecular weight excluding hydrogens is 320 g/mol. The number of rotatable bonds is 2. The maximum Gasteiger partial charge on any atom is 0.410 e. The topological polar surface area (TPSA) is 41.6 Å². The molecule has 4 nitrogen and oxygen atoms in total. The van der Waals surface area contributed by atoms with E-state index in [2.05, 4.69) is 40.3 Å². The number of carbonyl (C=O) groups is 1. The number of aryl methyl sites for hydroxylation is 1. The fraction of sp³-hybridized carbons (Fsp3) is 0.533. The van der Waals surface area contributed by atoms with E-state index in [0.29, 0.717) is 13.1 Å². The first-order valence-electron chi connectivity index (χ1n) is 6.75. The molecule has 110 valence electrons. The van der Waals surface area contributed by atoms with Crippen LogP contribution >= 0.6 is 15.9 Å². The van der Waals surface area contributed by atoms with Gasteiger partial charge in [0, 0.05) is 23.2 Å². The highest BCUT2D eigenvalue weighted by Gasteiger charge is 2.33. The Labute approximate surface area is 128 Å². The summed E-state index contributed by atoms with van der Waals surface area (Å²) >= 11 is 3.53. The van der Waals surface area contributed by atoms with Crippen LogP contribution in [-0.2, 0) is 4.74 Å². The molecule has 0 spiro atoms. The zero-order chi connectivity index (χ0) is 14.9. The lowest BCUT2D eigenvalue weighted by atomic mass is 10.1. The van der Waals surface area contributed by atoms with Gasteiger partial charge in [-0.25, -0.2) is 4.79 Å². The molecule has 1 aromatic rings. The molecule has 0 saturated carbocycles. The molecule has 0 atom stereocenters. The van der Waals surface area contributed by atoms with Crippen LogP contribution in [0.1, 0.15) is 26.3 Å². The van der Waals surface area contributed by atoms with Gasteiger partial charge in [0.2, 0.25) is 0 Å². The molecule has 1 heterocycles. The molecule has 1 saturated heterocycles. The third kappa shape index (κ3) is 3.88. The Kier molecular flexibility index (Phi) is 4.28. The van der Waals surface area contributed by atoms with Crippen LogP contribution in [0, 0.1) is 6.92 Å². The molecule has 1 N–H and O–H groups in total. The van der Waals surface area contributed by atoms with Crippen LogP contribution in [0.25, 0.3) is 0 Å². The van der Waals surface area contributed by atoms with Crippen LogP contribution in [0.2, 0.25) is 0 Å². The lowest BCUT2D eigenvalue weighted by molar-refractivity contribution is 0.0105. The minimum Gasteiger partial charge on any atom is -0.444 e. The zero-order valence-corrected chi connectivity index (χ0v) is 14.0. The Hall–Kier alpha value is -1.23. The van der Waals surface area contributed by atoms with Gasteiger partial charge in [0.05, 0.1) is 6.04 Å². The molecule has 0 radical (unpaired) electrons. The van der Waals surface area contributed by atoms with Crippen molar-refractivity contribution in [2.24, 2.45) is 0 Å². The van der Waals surface area contributed by atoms with Gasteiger partial charge < -0.3 is 15.0 Å². The highest BCUT2D eigenvalue weighted by Crippen LogP contribution is 2.26. The van der Waals surface area contributed by atoms with Gasteiger partial charge in [-0.2, -0.15) is 0 Å². The number of hydrogen-bond donors (Lipinski definition) is 1. The number of likely N-dealkylation sites (tertiary alicyclic amines) is 1. The van der Waals surface area contributed by atoms with Gasteiger partial charge in [-0.1, -0.05) is 6.07 Å². The van der Waals surface area contributed by atoms with Gasteiger partial charge in [0.25, 0.3) is 0 Å². The molecule has 1 aliphatic heterocycles. The second-order valence-electron chi connectivity index (χ2n) is 6.21. The smallest absolute Gasteiger partial charge is 0.410 e. The molecule has 1 amide bonds. The van der Waals surface area contributed by atoms with Crippen molar-refractivity contribution in [3.8, 4) is 0 Å². The predicted molar refractivity (Wildman–Crippen MR) is 84.1 cm³/mol. The largest absolute Gasteiger partial charge is 0.444 e. The minimum absolute atomic E-state index is 0.237. The number of benzene rings is 1. The van der Waals surface area contributed by atoms with E-state index < -0.39 is 5.60 Å². The van der Waals surface area contributed by atoms with E-state index in [-0.39, 0.29) is 12.1 Å². The van der Waals surface area contributed by atoms with Crippen molar-refractivity contribution in [2.45, 2.75) is 39.3 Å². The van der Waals surface area contributed by atoms with Crippen molar-refractivity contribution in [2.75, 3.05) is 18.4 Å². The van der Waals surface area contributed by atoms with Crippen LogP contribution in [0.5, 0.6) is 0 Å². The molecular formula is C15H21BrN2O2. The number of nitrogens with one attached hydrogen (secondary N) is 1. The zero-order valence-electron chi connectivity index (χ0n) is 12.4. The molecule has 0 unspecified atom stereocenters. The van der Waals surface area contributed by atoms with E-state index >= 15 is 0 Å². The number of anilines is 1. The Balaban J connectivity index is 1.85. The molecule has 1 aromatic carbocycles. The van der Waals surface area contributed by atoms with Crippen molar-refractivity contribution in [3.63, 3.8) is 0 Å². The van der Waals surface area contributed by atoms with Crippen molar-refractivity contribution in [1.82, 2.24) is 4.90 Å². The SMILES string of the molecule is Cc1ccc(Br)c(NC2CN(C(=O)OC(C)(C)C)C2)c1. The predicted octanol–water partition coefficient (Wildman–Crippen LogP) is 3.79. The number of nitrogens with zero attached hydrogens (tertiary/aromatic N) is 1. The van der Waals surface area contributed by atoms with E-state index in [0.717, 1.165) is 10.2 Å². The van der Waals surface area contributed by atoms with Crippen molar-refractivity contribution in [1.29, 1.82) is 0 Å². The second kappa shape index (κ2) is 5.64. The summed E-state index contributed by atoms with van der Waals surface area (Å²) in [5, 5.41) is 3.44. The van der Waals surface area contributed by atoms with Crippen molar-refractivity contribution in [3.05, 3.63) is 28.2 Å². The first-order chi connectivity index (χ1) is 9.24. The molecule has 1 aliphatic rings. The van der Waals surface area contributed by atoms with Crippen molar-refractivity contribution >= 4 is 27.7 Å². The van der Waals surface area contributed by atoms with E-state index in [4.69, 9.17) is 4.74 Å². The van der Waals surface area contributed by atoms with E-state index in [1.165, 1.54) is 5.56 Å². The number of halogens is 1. The molecule has 0 aliphatic carbocycles.